The summed E-state index contributed by atoms with van der Waals surface area (Å²) in [4.78, 5) is 0. The lowest BCUT2D eigenvalue weighted by atomic mass is 9.97. The van der Waals surface area contributed by atoms with E-state index in [0.29, 0.717) is 59.5 Å². The number of rotatable bonds is 21. The van der Waals surface area contributed by atoms with Crippen molar-refractivity contribution in [3.05, 3.63) is 0 Å². The molecule has 0 aromatic carbocycles. The van der Waals surface area contributed by atoms with Gasteiger partial charge < -0.3 is 28.8 Å². The summed E-state index contributed by atoms with van der Waals surface area (Å²) < 4.78 is 26.8. The first kappa shape index (κ1) is 24.8. The van der Waals surface area contributed by atoms with Crippen LogP contribution in [0.1, 0.15) is 46.0 Å². The Morgan fingerprint density at radius 1 is 0.560 bits per heavy atom. The monoisotopic (exact) mass is 364 g/mol. The van der Waals surface area contributed by atoms with Crippen molar-refractivity contribution >= 4 is 0 Å². The highest BCUT2D eigenvalue weighted by molar-refractivity contribution is 4.54. The molecule has 0 amide bonds. The number of aliphatic hydroxyl groups is 1. The number of hydrogen-bond acceptors (Lipinski definition) is 6. The van der Waals surface area contributed by atoms with Gasteiger partial charge in [0.05, 0.1) is 66.1 Å². The second-order valence-electron chi connectivity index (χ2n) is 5.96. The van der Waals surface area contributed by atoms with Crippen LogP contribution in [0.5, 0.6) is 0 Å². The van der Waals surface area contributed by atoms with Crippen LogP contribution in [-0.4, -0.2) is 77.8 Å². The van der Waals surface area contributed by atoms with Crippen LogP contribution in [-0.2, 0) is 23.7 Å². The van der Waals surface area contributed by atoms with E-state index in [1.54, 1.807) is 0 Å². The van der Waals surface area contributed by atoms with Crippen molar-refractivity contribution in [2.45, 2.75) is 46.0 Å². The van der Waals surface area contributed by atoms with Crippen molar-refractivity contribution in [2.24, 2.45) is 5.92 Å². The average molecular weight is 365 g/mol. The minimum absolute atomic E-state index is 0.0481. The number of aliphatic hydroxyl groups excluding tert-OH is 1. The highest BCUT2D eigenvalue weighted by Gasteiger charge is 2.02. The SMILES string of the molecule is CCC(CC)CCCCOCCOCCOCCOCCOCCO. The standard InChI is InChI=1S/C19H40O6/c1-3-19(4-2)7-5-6-9-21-11-13-23-15-17-25-18-16-24-14-12-22-10-8-20/h19-20H,3-18H2,1-2H3. The quantitative estimate of drug-likeness (QED) is 0.316. The summed E-state index contributed by atoms with van der Waals surface area (Å²) in [6.45, 7) is 10.3. The van der Waals surface area contributed by atoms with E-state index in [1.807, 2.05) is 0 Å². The molecule has 6 heteroatoms. The summed E-state index contributed by atoms with van der Waals surface area (Å²) >= 11 is 0. The van der Waals surface area contributed by atoms with Gasteiger partial charge in [-0.2, -0.15) is 0 Å². The van der Waals surface area contributed by atoms with E-state index >= 15 is 0 Å². The molecule has 25 heavy (non-hydrogen) atoms. The Kier molecular flexibility index (Phi) is 21.6. The second-order valence-corrected chi connectivity index (χ2v) is 5.96. The third-order valence-electron chi connectivity index (χ3n) is 4.03. The molecule has 0 bridgehead atoms. The fraction of sp³-hybridized carbons (Fsp3) is 1.00. The molecule has 1 N–H and O–H groups in total. The lowest BCUT2D eigenvalue weighted by Gasteiger charge is -2.11. The number of hydrogen-bond donors (Lipinski definition) is 1. The van der Waals surface area contributed by atoms with Gasteiger partial charge >= 0.3 is 0 Å². The fourth-order valence-corrected chi connectivity index (χ4v) is 2.38. The Morgan fingerprint density at radius 2 is 0.960 bits per heavy atom. The molecule has 0 saturated carbocycles. The molecule has 0 aromatic rings. The van der Waals surface area contributed by atoms with Gasteiger partial charge in [-0.05, 0) is 12.3 Å². The molecule has 0 fully saturated rings. The summed E-state index contributed by atoms with van der Waals surface area (Å²) in [6, 6.07) is 0. The second kappa shape index (κ2) is 21.8. The van der Waals surface area contributed by atoms with Crippen LogP contribution in [0, 0.1) is 5.92 Å². The third kappa shape index (κ3) is 19.9. The van der Waals surface area contributed by atoms with E-state index in [2.05, 4.69) is 13.8 Å². The minimum Gasteiger partial charge on any atom is -0.394 e. The molecule has 0 aliphatic carbocycles. The van der Waals surface area contributed by atoms with Gasteiger partial charge in [-0.1, -0.05) is 39.5 Å². The summed E-state index contributed by atoms with van der Waals surface area (Å²) in [5, 5.41) is 8.52. The van der Waals surface area contributed by atoms with Crippen LogP contribution in [0.3, 0.4) is 0 Å². The van der Waals surface area contributed by atoms with Crippen molar-refractivity contribution in [1.82, 2.24) is 0 Å². The Bertz CT molecular complexity index is 236. The Labute approximate surface area is 154 Å². The maximum absolute atomic E-state index is 8.52. The van der Waals surface area contributed by atoms with Crippen LogP contribution in [0.15, 0.2) is 0 Å². The van der Waals surface area contributed by atoms with Crippen molar-refractivity contribution in [3.63, 3.8) is 0 Å². The van der Waals surface area contributed by atoms with Gasteiger partial charge in [-0.3, -0.25) is 0 Å². The Balaban J connectivity index is 3.03. The van der Waals surface area contributed by atoms with E-state index in [1.165, 1.54) is 25.7 Å². The van der Waals surface area contributed by atoms with Gasteiger partial charge in [0.15, 0.2) is 0 Å². The lowest BCUT2D eigenvalue weighted by molar-refractivity contribution is -0.0134. The maximum Gasteiger partial charge on any atom is 0.0701 e. The zero-order valence-corrected chi connectivity index (χ0v) is 16.4. The average Bonchev–Trinajstić information content (AvgIpc) is 2.64. The topological polar surface area (TPSA) is 66.4 Å². The molecule has 0 atom stereocenters. The molecular weight excluding hydrogens is 324 g/mol. The minimum atomic E-state index is 0.0481. The molecule has 0 aliphatic heterocycles. The highest BCUT2D eigenvalue weighted by atomic mass is 16.6. The fourth-order valence-electron chi connectivity index (χ4n) is 2.38. The van der Waals surface area contributed by atoms with E-state index in [0.717, 1.165) is 18.9 Å². The number of ether oxygens (including phenoxy) is 5. The molecule has 0 radical (unpaired) electrons. The first-order valence-corrected chi connectivity index (χ1v) is 9.84. The smallest absolute Gasteiger partial charge is 0.0701 e. The Morgan fingerprint density at radius 3 is 1.36 bits per heavy atom. The highest BCUT2D eigenvalue weighted by Crippen LogP contribution is 2.15. The van der Waals surface area contributed by atoms with Crippen LogP contribution in [0.4, 0.5) is 0 Å². The molecule has 0 saturated heterocycles. The van der Waals surface area contributed by atoms with Gasteiger partial charge in [0.25, 0.3) is 0 Å². The van der Waals surface area contributed by atoms with Crippen LogP contribution < -0.4 is 0 Å². The van der Waals surface area contributed by atoms with Gasteiger partial charge in [0.2, 0.25) is 0 Å². The summed E-state index contributed by atoms with van der Waals surface area (Å²) in [5.41, 5.74) is 0. The first-order chi connectivity index (χ1) is 12.3. The molecule has 0 rings (SSSR count). The van der Waals surface area contributed by atoms with E-state index in [9.17, 15) is 0 Å². The van der Waals surface area contributed by atoms with Crippen LogP contribution in [0.2, 0.25) is 0 Å². The van der Waals surface area contributed by atoms with E-state index in [-0.39, 0.29) is 6.61 Å². The molecule has 0 aliphatic rings. The number of unbranched alkanes of at least 4 members (excludes halogenated alkanes) is 1. The third-order valence-corrected chi connectivity index (χ3v) is 4.03. The lowest BCUT2D eigenvalue weighted by Crippen LogP contribution is -2.13. The predicted octanol–water partition coefficient (Wildman–Crippen LogP) is 2.67. The predicted molar refractivity (Wildman–Crippen MR) is 99.1 cm³/mol. The molecule has 0 spiro atoms. The van der Waals surface area contributed by atoms with Gasteiger partial charge in [-0.25, -0.2) is 0 Å². The van der Waals surface area contributed by atoms with E-state index in [4.69, 9.17) is 28.8 Å². The molecular formula is C19H40O6. The van der Waals surface area contributed by atoms with Crippen LogP contribution >= 0.6 is 0 Å². The largest absolute Gasteiger partial charge is 0.394 e. The van der Waals surface area contributed by atoms with Gasteiger partial charge in [0, 0.05) is 6.61 Å². The zero-order chi connectivity index (χ0) is 18.4. The summed E-state index contributed by atoms with van der Waals surface area (Å²) in [7, 11) is 0. The maximum atomic E-state index is 8.52. The molecule has 0 unspecified atom stereocenters. The first-order valence-electron chi connectivity index (χ1n) is 9.84. The molecule has 0 heterocycles. The molecule has 152 valence electrons. The zero-order valence-electron chi connectivity index (χ0n) is 16.4. The summed E-state index contributed by atoms with van der Waals surface area (Å²) in [6.07, 6.45) is 6.31. The normalized spacial score (nSPS) is 11.5. The van der Waals surface area contributed by atoms with Crippen molar-refractivity contribution in [3.8, 4) is 0 Å². The van der Waals surface area contributed by atoms with Gasteiger partial charge in [-0.15, -0.1) is 0 Å². The van der Waals surface area contributed by atoms with Crippen molar-refractivity contribution in [1.29, 1.82) is 0 Å². The molecule has 6 nitrogen and oxygen atoms in total. The van der Waals surface area contributed by atoms with Crippen molar-refractivity contribution < 1.29 is 28.8 Å². The summed E-state index contributed by atoms with van der Waals surface area (Å²) in [5.74, 6) is 0.883. The van der Waals surface area contributed by atoms with Crippen molar-refractivity contribution in [2.75, 3.05) is 72.7 Å². The molecule has 0 aromatic heterocycles. The van der Waals surface area contributed by atoms with Crippen LogP contribution in [0.25, 0.3) is 0 Å². The van der Waals surface area contributed by atoms with E-state index < -0.39 is 0 Å². The Hall–Kier alpha value is -0.240. The van der Waals surface area contributed by atoms with Gasteiger partial charge in [0.1, 0.15) is 0 Å².